The highest BCUT2D eigenvalue weighted by Gasteiger charge is 2.22. The lowest BCUT2D eigenvalue weighted by Crippen LogP contribution is -2.21. The molecule has 0 radical (unpaired) electrons. The van der Waals surface area contributed by atoms with Gasteiger partial charge in [-0.1, -0.05) is 105 Å². The van der Waals surface area contributed by atoms with E-state index in [1.54, 1.807) is 0 Å². The van der Waals surface area contributed by atoms with Gasteiger partial charge in [-0.05, 0) is 61.4 Å². The van der Waals surface area contributed by atoms with Gasteiger partial charge in [0.15, 0.2) is 0 Å². The van der Waals surface area contributed by atoms with Crippen molar-refractivity contribution in [3.63, 3.8) is 0 Å². The number of nitrogens with zero attached hydrogens (tertiary/aromatic N) is 3. The van der Waals surface area contributed by atoms with Crippen molar-refractivity contribution in [1.82, 2.24) is 9.55 Å². The van der Waals surface area contributed by atoms with Gasteiger partial charge in [-0.15, -0.1) is 0 Å². The minimum Gasteiger partial charge on any atom is -0.491 e. The van der Waals surface area contributed by atoms with Crippen LogP contribution in [-0.2, 0) is 21.2 Å². The highest BCUT2D eigenvalue weighted by atomic mass is 32.1. The number of ether oxygens (including phenoxy) is 2. The standard InChI is InChI=1S/C28H25N3O2.C22H21N3O2.O2S/c1-2-18-33-27-15-9-7-13-24(27)30-28(32)25-17-16-23(29-25)22-19-31(20-10-4-3-5-11-20)26-14-8-6-12-21(22)26;1-2-13-27-21-10-6-5-9-19(21)25-22(26)20-12-11-18(24-20)16-14-23-17-8-4-3-7-15(16)17;1-3-2/h3-16,19H,2,17-18H2,1H3,(H,30,32);3-11,14,23H,2,12-13H2,1H3,(H,25,26);. The second-order valence-electron chi connectivity index (χ2n) is 14.4. The molecule has 2 aliphatic heterocycles. The maximum Gasteiger partial charge on any atom is 0.335 e. The lowest BCUT2D eigenvalue weighted by atomic mass is 10.1. The van der Waals surface area contributed by atoms with Crippen molar-refractivity contribution < 1.29 is 27.5 Å². The lowest BCUT2D eigenvalue weighted by molar-refractivity contribution is -0.111. The molecular formula is C50H46N6O6S. The monoisotopic (exact) mass is 858 g/mol. The van der Waals surface area contributed by atoms with E-state index < -0.39 is 11.6 Å². The molecule has 318 valence electrons. The summed E-state index contributed by atoms with van der Waals surface area (Å²) in [6.45, 7) is 5.31. The number of hydrogen-bond acceptors (Lipinski definition) is 8. The fraction of sp³-hybridized carbons (Fsp3) is 0.160. The highest BCUT2D eigenvalue weighted by Crippen LogP contribution is 2.34. The van der Waals surface area contributed by atoms with E-state index in [1.807, 2.05) is 122 Å². The van der Waals surface area contributed by atoms with Gasteiger partial charge in [0.25, 0.3) is 11.8 Å². The number of aromatic amines is 1. The molecular weight excluding hydrogens is 813 g/mol. The number of fused-ring (bicyclic) bond motifs is 2. The van der Waals surface area contributed by atoms with Gasteiger partial charge in [0.05, 0.1) is 41.5 Å². The summed E-state index contributed by atoms with van der Waals surface area (Å²) in [5.41, 5.74) is 9.25. The third-order valence-electron chi connectivity index (χ3n) is 10.1. The van der Waals surface area contributed by atoms with Crippen LogP contribution in [-0.4, -0.2) is 54.4 Å². The number of H-pyrrole nitrogens is 1. The van der Waals surface area contributed by atoms with Crippen molar-refractivity contribution in [3.8, 4) is 17.2 Å². The zero-order valence-corrected chi connectivity index (χ0v) is 35.7. The Bertz CT molecular complexity index is 2910. The number of rotatable bonds is 13. The van der Waals surface area contributed by atoms with Gasteiger partial charge >= 0.3 is 11.6 Å². The van der Waals surface area contributed by atoms with Gasteiger partial charge < -0.3 is 29.7 Å². The summed E-state index contributed by atoms with van der Waals surface area (Å²) < 4.78 is 30.2. The van der Waals surface area contributed by atoms with Gasteiger partial charge in [0.1, 0.15) is 22.9 Å². The first-order valence-corrected chi connectivity index (χ1v) is 21.3. The van der Waals surface area contributed by atoms with Crippen molar-refractivity contribution >= 4 is 79.4 Å². The zero-order chi connectivity index (χ0) is 44.0. The fourth-order valence-corrected chi connectivity index (χ4v) is 7.16. The van der Waals surface area contributed by atoms with Gasteiger partial charge in [0.2, 0.25) is 0 Å². The summed E-state index contributed by atoms with van der Waals surface area (Å²) in [7, 11) is 0. The Labute approximate surface area is 368 Å². The fourth-order valence-electron chi connectivity index (χ4n) is 7.16. The molecule has 5 aromatic carbocycles. The molecule has 0 bridgehead atoms. The number of allylic oxidation sites excluding steroid dienone is 2. The molecule has 4 heterocycles. The van der Waals surface area contributed by atoms with Crippen LogP contribution in [0.3, 0.4) is 0 Å². The van der Waals surface area contributed by atoms with E-state index in [9.17, 15) is 9.59 Å². The Hall–Kier alpha value is -7.64. The third kappa shape index (κ3) is 10.5. The Morgan fingerprint density at radius 1 is 0.635 bits per heavy atom. The molecule has 0 saturated heterocycles. The molecule has 0 fully saturated rings. The van der Waals surface area contributed by atoms with Crippen molar-refractivity contribution in [2.45, 2.75) is 39.5 Å². The number of hydrogen-bond donors (Lipinski definition) is 3. The third-order valence-corrected chi connectivity index (χ3v) is 10.1. The topological polar surface area (TPSA) is 156 Å². The summed E-state index contributed by atoms with van der Waals surface area (Å²) in [5, 5.41) is 8.11. The first-order valence-electron chi connectivity index (χ1n) is 20.7. The number of aromatic nitrogens is 2. The summed E-state index contributed by atoms with van der Waals surface area (Å²) in [4.78, 5) is 38.2. The molecule has 2 aliphatic rings. The van der Waals surface area contributed by atoms with Crippen LogP contribution in [0.25, 0.3) is 38.9 Å². The van der Waals surface area contributed by atoms with Crippen LogP contribution in [0.15, 0.2) is 162 Å². The van der Waals surface area contributed by atoms with Crippen molar-refractivity contribution in [2.24, 2.45) is 9.98 Å². The number of nitrogens with one attached hydrogen (secondary N) is 3. The maximum absolute atomic E-state index is 13.0. The first-order chi connectivity index (χ1) is 30.9. The Kier molecular flexibility index (Phi) is 14.7. The van der Waals surface area contributed by atoms with Gasteiger partial charge in [-0.25, -0.2) is 9.98 Å². The van der Waals surface area contributed by atoms with E-state index in [-0.39, 0.29) is 11.8 Å². The SMILES string of the molecule is CCCOc1ccccc1NC(=O)C1=NC(c2c[nH]c3ccccc23)=CC1.CCCOc1ccccc1NC(=O)C1=NC(c2cn(-c3ccccc3)c3ccccc23)=CC1.O=S=O. The molecule has 2 aromatic heterocycles. The van der Waals surface area contributed by atoms with E-state index >= 15 is 0 Å². The number of para-hydroxylation sites is 7. The Morgan fingerprint density at radius 3 is 1.71 bits per heavy atom. The van der Waals surface area contributed by atoms with Gasteiger partial charge in [0, 0.05) is 58.3 Å². The molecule has 0 aliphatic carbocycles. The van der Waals surface area contributed by atoms with Crippen molar-refractivity contribution in [1.29, 1.82) is 0 Å². The van der Waals surface area contributed by atoms with Crippen LogP contribution in [0.4, 0.5) is 11.4 Å². The van der Waals surface area contributed by atoms with E-state index in [0.29, 0.717) is 60.4 Å². The quantitative estimate of drug-likeness (QED) is 0.105. The first kappa shape index (κ1) is 43.4. The molecule has 3 N–H and O–H groups in total. The van der Waals surface area contributed by atoms with Crippen LogP contribution in [0.2, 0.25) is 0 Å². The minimum absolute atomic E-state index is 0.200. The molecule has 0 saturated carbocycles. The average Bonchev–Trinajstić information content (AvgIpc) is 4.15. The largest absolute Gasteiger partial charge is 0.491 e. The number of aliphatic imine (C=N–C) groups is 2. The molecule has 0 spiro atoms. The van der Waals surface area contributed by atoms with Gasteiger partial charge in [-0.3, -0.25) is 9.59 Å². The zero-order valence-electron chi connectivity index (χ0n) is 34.9. The summed E-state index contributed by atoms with van der Waals surface area (Å²) in [6.07, 6.45) is 10.9. The van der Waals surface area contributed by atoms with Crippen molar-refractivity contribution in [3.05, 3.63) is 163 Å². The van der Waals surface area contributed by atoms with E-state index in [0.717, 1.165) is 62.9 Å². The normalized spacial score (nSPS) is 12.7. The average molecular weight is 859 g/mol. The predicted octanol–water partition coefficient (Wildman–Crippen LogP) is 10.4. The van der Waals surface area contributed by atoms with Crippen LogP contribution >= 0.6 is 0 Å². The second kappa shape index (κ2) is 21.2. The summed E-state index contributed by atoms with van der Waals surface area (Å²) in [6, 6.07) is 41.5. The second-order valence-corrected chi connectivity index (χ2v) is 14.5. The molecule has 13 heteroatoms. The molecule has 9 rings (SSSR count). The van der Waals surface area contributed by atoms with E-state index in [2.05, 4.69) is 68.6 Å². The maximum atomic E-state index is 13.0. The number of anilines is 2. The molecule has 2 amide bonds. The summed E-state index contributed by atoms with van der Waals surface area (Å²) >= 11 is -0.750. The number of carbonyl (C=O) groups excluding carboxylic acids is 2. The van der Waals surface area contributed by atoms with Crippen LogP contribution < -0.4 is 20.1 Å². The van der Waals surface area contributed by atoms with Gasteiger partial charge in [-0.2, -0.15) is 8.42 Å². The molecule has 7 aromatic rings. The lowest BCUT2D eigenvalue weighted by Gasteiger charge is -2.11. The van der Waals surface area contributed by atoms with Crippen LogP contribution in [0, 0.1) is 0 Å². The van der Waals surface area contributed by atoms with E-state index in [4.69, 9.17) is 22.9 Å². The van der Waals surface area contributed by atoms with Crippen LogP contribution in [0.1, 0.15) is 50.7 Å². The molecule has 0 unspecified atom stereocenters. The van der Waals surface area contributed by atoms with E-state index in [1.165, 1.54) is 0 Å². The molecule has 0 atom stereocenters. The van der Waals surface area contributed by atoms with Crippen molar-refractivity contribution in [2.75, 3.05) is 23.8 Å². The Balaban J connectivity index is 0.000000181. The number of benzene rings is 5. The minimum atomic E-state index is -0.750. The highest BCUT2D eigenvalue weighted by molar-refractivity contribution is 7.51. The predicted molar refractivity (Wildman–Crippen MR) is 252 cm³/mol. The number of carbonyl (C=O) groups is 2. The summed E-state index contributed by atoms with van der Waals surface area (Å²) in [5.74, 6) is 0.941. The molecule has 12 nitrogen and oxygen atoms in total. The Morgan fingerprint density at radius 2 is 1.13 bits per heavy atom. The number of amides is 2. The van der Waals surface area contributed by atoms with Crippen LogP contribution in [0.5, 0.6) is 11.5 Å². The smallest absolute Gasteiger partial charge is 0.335 e. The molecule has 63 heavy (non-hydrogen) atoms.